The summed E-state index contributed by atoms with van der Waals surface area (Å²) in [7, 11) is 0. The Morgan fingerprint density at radius 3 is 2.67 bits per heavy atom. The molecule has 2 rings (SSSR count). The quantitative estimate of drug-likeness (QED) is 0.843. The lowest BCUT2D eigenvalue weighted by Crippen LogP contribution is -2.33. The van der Waals surface area contributed by atoms with Crippen molar-refractivity contribution in [1.82, 2.24) is 9.97 Å². The third-order valence-electron chi connectivity index (χ3n) is 3.03. The van der Waals surface area contributed by atoms with Gasteiger partial charge in [0.05, 0.1) is 11.9 Å². The molecule has 18 heavy (non-hydrogen) atoms. The number of alkyl halides is 3. The molecule has 2 heterocycles. The number of nitrogens with zero attached hydrogens (tertiary/aromatic N) is 2. The molecule has 0 radical (unpaired) electrons. The van der Waals surface area contributed by atoms with Crippen molar-refractivity contribution in [3.8, 4) is 0 Å². The van der Waals surface area contributed by atoms with Crippen LogP contribution in [0.3, 0.4) is 0 Å². The van der Waals surface area contributed by atoms with Gasteiger partial charge in [-0.2, -0.15) is 13.2 Å². The van der Waals surface area contributed by atoms with Gasteiger partial charge in [-0.15, -0.1) is 0 Å². The van der Waals surface area contributed by atoms with Gasteiger partial charge in [-0.1, -0.05) is 0 Å². The van der Waals surface area contributed by atoms with Gasteiger partial charge in [-0.25, -0.2) is 9.97 Å². The molecule has 1 aromatic rings. The Morgan fingerprint density at radius 1 is 1.39 bits per heavy atom. The third-order valence-corrected chi connectivity index (χ3v) is 3.03. The SMILES string of the molecule is CC1(c2ncc(N)c(C(F)(F)F)n2)CCCCO1. The summed E-state index contributed by atoms with van der Waals surface area (Å²) in [6, 6.07) is 0. The number of nitrogen functional groups attached to an aromatic ring is 1. The predicted octanol–water partition coefficient (Wildman–Crippen LogP) is 2.49. The van der Waals surface area contributed by atoms with Gasteiger partial charge in [0.25, 0.3) is 0 Å². The minimum atomic E-state index is -4.58. The van der Waals surface area contributed by atoms with Crippen LogP contribution in [-0.2, 0) is 16.5 Å². The number of nitrogens with two attached hydrogens (primary N) is 1. The lowest BCUT2D eigenvalue weighted by atomic mass is 9.95. The van der Waals surface area contributed by atoms with E-state index in [-0.39, 0.29) is 5.82 Å². The van der Waals surface area contributed by atoms with E-state index in [0.717, 1.165) is 19.0 Å². The van der Waals surface area contributed by atoms with Gasteiger partial charge in [0, 0.05) is 6.61 Å². The lowest BCUT2D eigenvalue weighted by molar-refractivity contribution is -0.141. The maximum atomic E-state index is 12.7. The summed E-state index contributed by atoms with van der Waals surface area (Å²) in [5, 5.41) is 0. The Labute approximate surface area is 102 Å². The zero-order valence-electron chi connectivity index (χ0n) is 9.92. The monoisotopic (exact) mass is 261 g/mol. The Bertz CT molecular complexity index is 442. The molecule has 0 spiro atoms. The second-order valence-corrected chi connectivity index (χ2v) is 4.53. The van der Waals surface area contributed by atoms with E-state index < -0.39 is 23.2 Å². The minimum absolute atomic E-state index is 0.0451. The topological polar surface area (TPSA) is 61.0 Å². The zero-order valence-corrected chi connectivity index (χ0v) is 9.92. The molecule has 0 saturated carbocycles. The van der Waals surface area contributed by atoms with Crippen LogP contribution in [0.5, 0.6) is 0 Å². The summed E-state index contributed by atoms with van der Waals surface area (Å²) in [4.78, 5) is 7.44. The van der Waals surface area contributed by atoms with E-state index in [1.807, 2.05) is 0 Å². The van der Waals surface area contributed by atoms with Crippen LogP contribution in [0.25, 0.3) is 0 Å². The number of ether oxygens (including phenoxy) is 1. The first-order valence-electron chi connectivity index (χ1n) is 5.67. The highest BCUT2D eigenvalue weighted by molar-refractivity contribution is 5.42. The van der Waals surface area contributed by atoms with E-state index in [1.165, 1.54) is 0 Å². The van der Waals surface area contributed by atoms with Crippen molar-refractivity contribution in [2.45, 2.75) is 38.0 Å². The van der Waals surface area contributed by atoms with Gasteiger partial charge < -0.3 is 10.5 Å². The van der Waals surface area contributed by atoms with Crippen LogP contribution in [0.15, 0.2) is 6.20 Å². The van der Waals surface area contributed by atoms with Gasteiger partial charge in [0.2, 0.25) is 0 Å². The van der Waals surface area contributed by atoms with Gasteiger partial charge in [-0.05, 0) is 26.2 Å². The maximum Gasteiger partial charge on any atom is 0.435 e. The number of aromatic nitrogens is 2. The van der Waals surface area contributed by atoms with Gasteiger partial charge >= 0.3 is 6.18 Å². The maximum absolute atomic E-state index is 12.7. The van der Waals surface area contributed by atoms with Crippen LogP contribution in [0.4, 0.5) is 18.9 Å². The van der Waals surface area contributed by atoms with Crippen molar-refractivity contribution >= 4 is 5.69 Å². The number of anilines is 1. The fourth-order valence-electron chi connectivity index (χ4n) is 1.98. The molecule has 1 unspecified atom stereocenters. The highest BCUT2D eigenvalue weighted by atomic mass is 19.4. The predicted molar refractivity (Wildman–Crippen MR) is 58.6 cm³/mol. The Balaban J connectivity index is 2.40. The molecule has 1 saturated heterocycles. The Morgan fingerprint density at radius 2 is 2.11 bits per heavy atom. The van der Waals surface area contributed by atoms with Crippen LogP contribution < -0.4 is 5.73 Å². The molecule has 100 valence electrons. The molecule has 1 aromatic heterocycles. The zero-order chi connectivity index (χ0) is 13.4. The third kappa shape index (κ3) is 2.40. The van der Waals surface area contributed by atoms with Crippen molar-refractivity contribution in [2.75, 3.05) is 12.3 Å². The second-order valence-electron chi connectivity index (χ2n) is 4.53. The second kappa shape index (κ2) is 4.38. The molecular weight excluding hydrogens is 247 g/mol. The normalized spacial score (nSPS) is 25.1. The van der Waals surface area contributed by atoms with Crippen LogP contribution in [-0.4, -0.2) is 16.6 Å². The standard InChI is InChI=1S/C11H14F3N3O/c1-10(4-2-3-5-18-10)9-16-6-7(15)8(17-9)11(12,13)14/h6H,2-5,15H2,1H3. The molecule has 1 aliphatic heterocycles. The molecule has 4 nitrogen and oxygen atoms in total. The Hall–Kier alpha value is -1.37. The summed E-state index contributed by atoms with van der Waals surface area (Å²) in [5.41, 5.74) is 2.85. The lowest BCUT2D eigenvalue weighted by Gasteiger charge is -2.32. The van der Waals surface area contributed by atoms with E-state index in [9.17, 15) is 13.2 Å². The fraction of sp³-hybridized carbons (Fsp3) is 0.636. The van der Waals surface area contributed by atoms with E-state index >= 15 is 0 Å². The van der Waals surface area contributed by atoms with Crippen molar-refractivity contribution < 1.29 is 17.9 Å². The number of hydrogen-bond donors (Lipinski definition) is 1. The van der Waals surface area contributed by atoms with Crippen LogP contribution >= 0.6 is 0 Å². The van der Waals surface area contributed by atoms with E-state index in [4.69, 9.17) is 10.5 Å². The highest BCUT2D eigenvalue weighted by Crippen LogP contribution is 2.36. The van der Waals surface area contributed by atoms with Crippen LogP contribution in [0, 0.1) is 0 Å². The first-order chi connectivity index (χ1) is 8.33. The average molecular weight is 261 g/mol. The van der Waals surface area contributed by atoms with Crippen molar-refractivity contribution in [3.05, 3.63) is 17.7 Å². The number of hydrogen-bond acceptors (Lipinski definition) is 4. The first-order valence-corrected chi connectivity index (χ1v) is 5.67. The van der Waals surface area contributed by atoms with Crippen molar-refractivity contribution in [2.24, 2.45) is 0 Å². The van der Waals surface area contributed by atoms with Gasteiger partial charge in [-0.3, -0.25) is 0 Å². The minimum Gasteiger partial charge on any atom is -0.396 e. The molecule has 0 bridgehead atoms. The molecule has 2 N–H and O–H groups in total. The average Bonchev–Trinajstić information content (AvgIpc) is 2.28. The van der Waals surface area contributed by atoms with Gasteiger partial charge in [0.15, 0.2) is 11.5 Å². The van der Waals surface area contributed by atoms with E-state index in [0.29, 0.717) is 13.0 Å². The summed E-state index contributed by atoms with van der Waals surface area (Å²) in [5.74, 6) is 0.0451. The van der Waals surface area contributed by atoms with E-state index in [2.05, 4.69) is 9.97 Å². The van der Waals surface area contributed by atoms with Crippen LogP contribution in [0.2, 0.25) is 0 Å². The molecule has 7 heteroatoms. The molecule has 1 fully saturated rings. The number of rotatable bonds is 1. The van der Waals surface area contributed by atoms with E-state index in [1.54, 1.807) is 6.92 Å². The molecular formula is C11H14F3N3O. The molecule has 0 amide bonds. The largest absolute Gasteiger partial charge is 0.435 e. The Kier molecular flexibility index (Phi) is 3.18. The first kappa shape index (κ1) is 13.1. The summed E-state index contributed by atoms with van der Waals surface area (Å²) < 4.78 is 43.7. The van der Waals surface area contributed by atoms with Gasteiger partial charge in [0.1, 0.15) is 5.60 Å². The number of halogens is 3. The molecule has 1 atom stereocenters. The van der Waals surface area contributed by atoms with Crippen LogP contribution in [0.1, 0.15) is 37.7 Å². The molecule has 0 aliphatic carbocycles. The fourth-order valence-corrected chi connectivity index (χ4v) is 1.98. The van der Waals surface area contributed by atoms with Crippen molar-refractivity contribution in [3.63, 3.8) is 0 Å². The molecule has 1 aliphatic rings. The summed E-state index contributed by atoms with van der Waals surface area (Å²) in [6.45, 7) is 2.21. The summed E-state index contributed by atoms with van der Waals surface area (Å²) >= 11 is 0. The smallest absolute Gasteiger partial charge is 0.396 e. The van der Waals surface area contributed by atoms with Crippen molar-refractivity contribution in [1.29, 1.82) is 0 Å². The highest BCUT2D eigenvalue weighted by Gasteiger charge is 2.39. The summed E-state index contributed by atoms with van der Waals surface area (Å²) in [6.07, 6.45) is -1.20. The molecule has 0 aromatic carbocycles.